The third-order valence-electron chi connectivity index (χ3n) is 7.91. The molecule has 44 heavy (non-hydrogen) atoms. The summed E-state index contributed by atoms with van der Waals surface area (Å²) in [5, 5.41) is 11.1. The second-order valence-electron chi connectivity index (χ2n) is 10.6. The Balaban J connectivity index is 1.18. The van der Waals surface area contributed by atoms with E-state index >= 15 is 0 Å². The first-order chi connectivity index (χ1) is 20.9. The zero-order chi connectivity index (χ0) is 31.0. The van der Waals surface area contributed by atoms with Crippen LogP contribution in [-0.2, 0) is 36.7 Å². The number of aromatic nitrogens is 6. The van der Waals surface area contributed by atoms with Crippen molar-refractivity contribution in [1.82, 2.24) is 29.5 Å². The van der Waals surface area contributed by atoms with Crippen molar-refractivity contribution < 1.29 is 51.6 Å². The number of fused-ring (bicyclic) bond motifs is 5. The van der Waals surface area contributed by atoms with Gasteiger partial charge in [-0.15, -0.1) is 0 Å². The normalized spacial score (nSPS) is 40.7. The number of aliphatic hydroxyl groups excluding tert-OH is 1. The summed E-state index contributed by atoms with van der Waals surface area (Å²) in [6.07, 6.45) is -3.53. The van der Waals surface area contributed by atoms with Crippen LogP contribution in [0.5, 0.6) is 0 Å². The lowest BCUT2D eigenvalue weighted by molar-refractivity contribution is -0.0549. The van der Waals surface area contributed by atoms with E-state index in [4.69, 9.17) is 39.0 Å². The molecule has 0 saturated carbocycles. The van der Waals surface area contributed by atoms with Crippen LogP contribution in [0, 0.1) is 5.92 Å². The Bertz CT molecular complexity index is 1730. The number of nitrogens with zero attached hydrogens (tertiary/aromatic N) is 7. The van der Waals surface area contributed by atoms with Crippen molar-refractivity contribution >= 4 is 50.3 Å². The van der Waals surface area contributed by atoms with Gasteiger partial charge in [0.25, 0.3) is 0 Å². The van der Waals surface area contributed by atoms with Crippen LogP contribution >= 0.6 is 15.6 Å². The van der Waals surface area contributed by atoms with Crippen LogP contribution in [0.2, 0.25) is 0 Å². The average molecular weight is 655 g/mol. The molecule has 4 aliphatic heterocycles. The lowest BCUT2D eigenvalue weighted by Crippen LogP contribution is -2.38. The van der Waals surface area contributed by atoms with Crippen molar-refractivity contribution in [3.8, 4) is 0 Å². The van der Waals surface area contributed by atoms with Gasteiger partial charge in [0.05, 0.1) is 31.2 Å². The molecule has 20 nitrogen and oxygen atoms in total. The summed E-state index contributed by atoms with van der Waals surface area (Å²) in [6, 6.07) is 0. The number of rotatable bonds is 2. The van der Waals surface area contributed by atoms with Gasteiger partial charge in [0, 0.05) is 12.1 Å². The second-order valence-corrected chi connectivity index (χ2v) is 13.4. The minimum atomic E-state index is -4.94. The lowest BCUT2D eigenvalue weighted by atomic mass is 9.94. The SMILES string of the molecule is C[C@@H]1[C@@H]2OP(=O)(O)OC[C@H]3O[C@@H](C4C=Nc5c(N)ncnc54)[C@H](OP(=O)(O)OC[C@H]2O[C@H]1n1cnc2c(N)ncnc21)[C@@H]3O. The van der Waals surface area contributed by atoms with Gasteiger partial charge in [0.2, 0.25) is 0 Å². The van der Waals surface area contributed by atoms with Crippen molar-refractivity contribution in [3.63, 3.8) is 0 Å². The number of aliphatic hydroxyl groups is 1. The number of aliphatic imine (C=N–C) groups is 1. The van der Waals surface area contributed by atoms with Gasteiger partial charge < -0.3 is 35.8 Å². The number of phosphoric ester groups is 2. The Hall–Kier alpha value is -3.00. The van der Waals surface area contributed by atoms with Crippen LogP contribution in [-0.4, -0.2) is 100 Å². The summed E-state index contributed by atoms with van der Waals surface area (Å²) in [7, 11) is -9.79. The molecule has 0 aromatic carbocycles. The molecule has 3 aromatic heterocycles. The lowest BCUT2D eigenvalue weighted by Gasteiger charge is -2.27. The van der Waals surface area contributed by atoms with E-state index in [1.54, 1.807) is 6.92 Å². The first-order valence-electron chi connectivity index (χ1n) is 13.3. The average Bonchev–Trinajstić information content (AvgIpc) is 3.73. The highest BCUT2D eigenvalue weighted by atomic mass is 31.2. The molecule has 236 valence electrons. The summed E-state index contributed by atoms with van der Waals surface area (Å²) < 4.78 is 61.6. The van der Waals surface area contributed by atoms with E-state index < -0.39 is 83.5 Å². The van der Waals surface area contributed by atoms with E-state index in [-0.39, 0.29) is 17.3 Å². The fourth-order valence-electron chi connectivity index (χ4n) is 5.82. The van der Waals surface area contributed by atoms with E-state index in [1.807, 2.05) is 0 Å². The van der Waals surface area contributed by atoms with Gasteiger partial charge in [-0.05, 0) is 0 Å². The maximum atomic E-state index is 13.3. The van der Waals surface area contributed by atoms with Crippen molar-refractivity contribution in [3.05, 3.63) is 24.7 Å². The zero-order valence-corrected chi connectivity index (χ0v) is 24.5. The topological polar surface area (TPSA) is 284 Å². The van der Waals surface area contributed by atoms with E-state index in [0.717, 1.165) is 0 Å². The summed E-state index contributed by atoms with van der Waals surface area (Å²) in [5.74, 6) is -1.24. The molecule has 0 aliphatic carbocycles. The number of ether oxygens (including phenoxy) is 2. The van der Waals surface area contributed by atoms with E-state index in [0.29, 0.717) is 16.9 Å². The Morgan fingerprint density at radius 3 is 2.34 bits per heavy atom. The standard InChI is InChI=1S/C22H27N9O11P2/c1-8-16-11(40-22(8)31-7-30-14-20(24)28-6-29-21(14)31)4-38-44(35,36)42-18-15(32)10(3-37-43(33,34)41-16)39-17(18)9-2-25-13-12(9)26-5-27-19(13)23/h2,5-11,15-18,22,32H,3-4H2,1H3,(H,33,34)(H,35,36)(H2,23,26,27)(H2,24,28,29)/t8-,9?,10-,11-,15-,16+,17+,18-,22-/m1/s1. The largest absolute Gasteiger partial charge is 0.472 e. The van der Waals surface area contributed by atoms with Crippen molar-refractivity contribution in [2.45, 2.75) is 55.7 Å². The molecule has 0 radical (unpaired) electrons. The number of imidazole rings is 1. The molecule has 0 spiro atoms. The Kier molecular flexibility index (Phi) is 7.30. The smallest absolute Gasteiger partial charge is 0.387 e. The van der Waals surface area contributed by atoms with Crippen molar-refractivity contribution in [2.24, 2.45) is 10.9 Å². The molecule has 3 saturated heterocycles. The van der Waals surface area contributed by atoms with Crippen LogP contribution in [0.3, 0.4) is 0 Å². The minimum absolute atomic E-state index is 0.0968. The van der Waals surface area contributed by atoms with Crippen molar-refractivity contribution in [2.75, 3.05) is 24.7 Å². The highest BCUT2D eigenvalue weighted by molar-refractivity contribution is 7.47. The number of anilines is 2. The molecule has 11 atom stereocenters. The maximum absolute atomic E-state index is 13.3. The Morgan fingerprint density at radius 1 is 0.886 bits per heavy atom. The Morgan fingerprint density at radius 2 is 1.57 bits per heavy atom. The number of hydrogen-bond donors (Lipinski definition) is 5. The van der Waals surface area contributed by atoms with Gasteiger partial charge in [0.15, 0.2) is 17.3 Å². The van der Waals surface area contributed by atoms with Gasteiger partial charge in [0.1, 0.15) is 66.7 Å². The number of hydrogen-bond acceptors (Lipinski definition) is 17. The van der Waals surface area contributed by atoms with Gasteiger partial charge in [-0.25, -0.2) is 34.0 Å². The van der Waals surface area contributed by atoms with E-state index in [2.05, 4.69) is 29.9 Å². The first kappa shape index (κ1) is 29.7. The third kappa shape index (κ3) is 5.11. The molecule has 3 fully saturated rings. The summed E-state index contributed by atoms with van der Waals surface area (Å²) >= 11 is 0. The van der Waals surface area contributed by atoms with Crippen molar-refractivity contribution in [1.29, 1.82) is 0 Å². The number of phosphoric acid groups is 2. The molecular formula is C22H27N9O11P2. The monoisotopic (exact) mass is 655 g/mol. The summed E-state index contributed by atoms with van der Waals surface area (Å²) in [6.45, 7) is 0.386. The van der Waals surface area contributed by atoms with Crippen LogP contribution in [0.1, 0.15) is 24.8 Å². The number of nitrogen functional groups attached to an aromatic ring is 2. The predicted octanol–water partition coefficient (Wildman–Crippen LogP) is -0.0398. The zero-order valence-electron chi connectivity index (χ0n) is 22.7. The maximum Gasteiger partial charge on any atom is 0.472 e. The quantitative estimate of drug-likeness (QED) is 0.226. The van der Waals surface area contributed by atoms with E-state index in [1.165, 1.54) is 29.8 Å². The molecule has 22 heteroatoms. The highest BCUT2D eigenvalue weighted by Crippen LogP contribution is 2.54. The minimum Gasteiger partial charge on any atom is -0.387 e. The second kappa shape index (κ2) is 10.8. The molecule has 7 heterocycles. The fourth-order valence-corrected chi connectivity index (χ4v) is 7.80. The molecule has 4 aliphatic rings. The number of nitrogens with two attached hydrogens (primary N) is 2. The molecule has 7 rings (SSSR count). The highest BCUT2D eigenvalue weighted by Gasteiger charge is 2.54. The fraction of sp³-hybridized carbons (Fsp3) is 0.545. The molecule has 2 bridgehead atoms. The van der Waals surface area contributed by atoms with Gasteiger partial charge in [-0.3, -0.25) is 27.7 Å². The molecule has 3 unspecified atom stereocenters. The van der Waals surface area contributed by atoms with E-state index in [9.17, 15) is 24.0 Å². The van der Waals surface area contributed by atoms with Crippen LogP contribution in [0.25, 0.3) is 11.2 Å². The third-order valence-corrected chi connectivity index (χ3v) is 9.88. The summed E-state index contributed by atoms with van der Waals surface area (Å²) in [4.78, 5) is 46.1. The van der Waals surface area contributed by atoms with Gasteiger partial charge in [-0.1, -0.05) is 6.92 Å². The summed E-state index contributed by atoms with van der Waals surface area (Å²) in [5.41, 5.74) is 13.0. The molecule has 3 aromatic rings. The van der Waals surface area contributed by atoms with Crippen LogP contribution in [0.4, 0.5) is 17.3 Å². The first-order valence-corrected chi connectivity index (χ1v) is 16.3. The van der Waals surface area contributed by atoms with Crippen LogP contribution < -0.4 is 11.5 Å². The predicted molar refractivity (Wildman–Crippen MR) is 146 cm³/mol. The van der Waals surface area contributed by atoms with Gasteiger partial charge >= 0.3 is 15.6 Å². The molecule has 7 N–H and O–H groups in total. The van der Waals surface area contributed by atoms with Crippen LogP contribution in [0.15, 0.2) is 24.0 Å². The molecular weight excluding hydrogens is 628 g/mol. The van der Waals surface area contributed by atoms with Gasteiger partial charge in [-0.2, -0.15) is 0 Å². The molecule has 0 amide bonds. The Labute approximate surface area is 247 Å².